The molecule has 1 fully saturated rings. The van der Waals surface area contributed by atoms with Crippen LogP contribution in [0.3, 0.4) is 0 Å². The van der Waals surface area contributed by atoms with E-state index in [1.807, 2.05) is 12.3 Å². The molecule has 1 saturated heterocycles. The van der Waals surface area contributed by atoms with Crippen molar-refractivity contribution in [2.24, 2.45) is 0 Å². The molecular weight excluding hydrogens is 626 g/mol. The number of nitrogens with zero attached hydrogens (tertiary/aromatic N) is 1. The number of halogens is 1. The molecule has 1 aromatic carbocycles. The Kier molecular flexibility index (Phi) is 16.3. The van der Waals surface area contributed by atoms with Crippen LogP contribution in [-0.2, 0) is 30.1 Å². The van der Waals surface area contributed by atoms with Crippen LogP contribution in [0.25, 0.3) is 10.4 Å². The van der Waals surface area contributed by atoms with Gasteiger partial charge in [0.05, 0.1) is 16.5 Å². The summed E-state index contributed by atoms with van der Waals surface area (Å²) in [6.45, 7) is 11.8. The third-order valence-corrected chi connectivity index (χ3v) is 10.2. The number of hydrogen-bond acceptors (Lipinski definition) is 8. The van der Waals surface area contributed by atoms with Crippen molar-refractivity contribution >= 4 is 34.3 Å². The van der Waals surface area contributed by atoms with Crippen molar-refractivity contribution in [1.82, 2.24) is 4.98 Å². The van der Waals surface area contributed by atoms with E-state index in [0.29, 0.717) is 39.5 Å². The van der Waals surface area contributed by atoms with Gasteiger partial charge in [0.1, 0.15) is 30.5 Å². The van der Waals surface area contributed by atoms with Crippen LogP contribution >= 0.6 is 34.3 Å². The molecule has 1 aliphatic rings. The number of hydrogen-bond donors (Lipinski definition) is 0. The van der Waals surface area contributed by atoms with Crippen molar-refractivity contribution in [3.05, 3.63) is 62.4 Å². The highest BCUT2D eigenvalue weighted by molar-refractivity contribution is 7.15. The van der Waals surface area contributed by atoms with E-state index in [1.165, 1.54) is 10.4 Å². The van der Waals surface area contributed by atoms with Crippen LogP contribution in [0.2, 0.25) is 5.02 Å². The number of aromatic nitrogens is 1. The number of ether oxygens (including phenoxy) is 5. The van der Waals surface area contributed by atoms with Gasteiger partial charge in [-0.2, -0.15) is 11.3 Å². The lowest BCUT2D eigenvalue weighted by atomic mass is 9.89. The molecule has 6 nitrogen and oxygen atoms in total. The summed E-state index contributed by atoms with van der Waals surface area (Å²) in [5, 5.41) is 6.01. The third kappa shape index (κ3) is 10.8. The standard InChI is InChI=1S/C36H52ClNO5S2/c1-5-9-16-39-24-30-34(40-17-10-6-2)36(42-19-12-8-4)35(41-18-11-7-3)33(43-30)26-13-14-29(37)28(21-26)22-32-38-23-31(45-32)27-15-20-44-25-27/h13-15,20-21,23,25,30,33-36H,5-12,16-19,22,24H2,1-4H3/t30-,33+,34-,35+,36+/m1/s1. The summed E-state index contributed by atoms with van der Waals surface area (Å²) < 4.78 is 33.1. The average Bonchev–Trinajstić information content (AvgIpc) is 3.75. The monoisotopic (exact) mass is 677 g/mol. The quantitative estimate of drug-likeness (QED) is 0.105. The Morgan fingerprint density at radius 1 is 0.822 bits per heavy atom. The van der Waals surface area contributed by atoms with Gasteiger partial charge < -0.3 is 23.7 Å². The van der Waals surface area contributed by atoms with E-state index < -0.39 is 0 Å². The van der Waals surface area contributed by atoms with Crippen molar-refractivity contribution in [3.63, 3.8) is 0 Å². The van der Waals surface area contributed by atoms with E-state index in [0.717, 1.165) is 72.5 Å². The molecule has 0 radical (unpaired) electrons. The molecule has 5 atom stereocenters. The first-order chi connectivity index (χ1) is 22.1. The Morgan fingerprint density at radius 2 is 1.49 bits per heavy atom. The van der Waals surface area contributed by atoms with Gasteiger partial charge >= 0.3 is 0 Å². The average molecular weight is 678 g/mol. The maximum absolute atomic E-state index is 6.96. The summed E-state index contributed by atoms with van der Waals surface area (Å²) in [5.41, 5.74) is 3.26. The van der Waals surface area contributed by atoms with Gasteiger partial charge in [-0.3, -0.25) is 0 Å². The highest BCUT2D eigenvalue weighted by atomic mass is 35.5. The lowest BCUT2D eigenvalue weighted by Crippen LogP contribution is -2.58. The molecule has 0 spiro atoms. The molecule has 4 rings (SSSR count). The number of thiazole rings is 1. The van der Waals surface area contributed by atoms with Gasteiger partial charge in [-0.1, -0.05) is 77.1 Å². The molecule has 3 heterocycles. The molecule has 0 N–H and O–H groups in total. The van der Waals surface area contributed by atoms with Crippen molar-refractivity contribution in [2.45, 2.75) is 116 Å². The molecule has 1 aliphatic heterocycles. The van der Waals surface area contributed by atoms with Crippen molar-refractivity contribution in [3.8, 4) is 10.4 Å². The Labute approximate surface area is 283 Å². The normalized spacial score (nSPS) is 21.8. The van der Waals surface area contributed by atoms with Gasteiger partial charge in [-0.05, 0) is 59.7 Å². The van der Waals surface area contributed by atoms with Crippen molar-refractivity contribution in [2.75, 3.05) is 33.0 Å². The second kappa shape index (κ2) is 20.1. The van der Waals surface area contributed by atoms with Crippen LogP contribution in [0.4, 0.5) is 0 Å². The first kappa shape index (κ1) is 36.5. The minimum Gasteiger partial charge on any atom is -0.379 e. The number of rotatable bonds is 21. The maximum atomic E-state index is 6.96. The molecule has 0 unspecified atom stereocenters. The Balaban J connectivity index is 1.65. The smallest absolute Gasteiger partial charge is 0.117 e. The van der Waals surface area contributed by atoms with E-state index in [2.05, 4.69) is 56.7 Å². The first-order valence-electron chi connectivity index (χ1n) is 16.9. The number of unbranched alkanes of at least 4 members (excludes halogenated alkanes) is 4. The van der Waals surface area contributed by atoms with Gasteiger partial charge in [0.2, 0.25) is 0 Å². The van der Waals surface area contributed by atoms with E-state index in [-0.39, 0.29) is 30.5 Å². The summed E-state index contributed by atoms with van der Waals surface area (Å²) in [5.74, 6) is 0. The van der Waals surface area contributed by atoms with Crippen molar-refractivity contribution < 1.29 is 23.7 Å². The van der Waals surface area contributed by atoms with Gasteiger partial charge in [0.25, 0.3) is 0 Å². The van der Waals surface area contributed by atoms with Gasteiger partial charge in [-0.25, -0.2) is 4.98 Å². The van der Waals surface area contributed by atoms with Crippen LogP contribution < -0.4 is 0 Å². The van der Waals surface area contributed by atoms with E-state index >= 15 is 0 Å². The summed E-state index contributed by atoms with van der Waals surface area (Å²) in [6.07, 6.45) is 9.29. The van der Waals surface area contributed by atoms with Crippen molar-refractivity contribution in [1.29, 1.82) is 0 Å². The fourth-order valence-electron chi connectivity index (χ4n) is 5.43. The summed E-state index contributed by atoms with van der Waals surface area (Å²) >= 11 is 10.2. The fraction of sp³-hybridized carbons (Fsp3) is 0.639. The van der Waals surface area contributed by atoms with E-state index in [4.69, 9.17) is 40.3 Å². The zero-order chi connectivity index (χ0) is 31.9. The maximum Gasteiger partial charge on any atom is 0.117 e. The third-order valence-electron chi connectivity index (χ3n) is 8.08. The molecule has 0 amide bonds. The highest BCUT2D eigenvalue weighted by Crippen LogP contribution is 2.39. The molecule has 9 heteroatoms. The van der Waals surface area contributed by atoms with Crippen LogP contribution in [-0.4, -0.2) is 62.4 Å². The second-order valence-corrected chi connectivity index (χ2v) is 14.1. The minimum absolute atomic E-state index is 0.282. The molecule has 3 aromatic rings. The highest BCUT2D eigenvalue weighted by Gasteiger charge is 2.48. The Morgan fingerprint density at radius 3 is 2.16 bits per heavy atom. The lowest BCUT2D eigenvalue weighted by molar-refractivity contribution is -0.268. The zero-order valence-corrected chi connectivity index (χ0v) is 29.9. The SMILES string of the molecule is CCCCOC[C@H]1O[C@@H](c2ccc(Cl)c(Cc3ncc(-c4ccsc4)s3)c2)[C@H](OCCCC)[C@@H](OCCCC)[C@@H]1OCCCC. The first-order valence-corrected chi connectivity index (χ1v) is 19.1. The van der Waals surface area contributed by atoms with Gasteiger partial charge in [0, 0.05) is 49.6 Å². The Bertz CT molecular complexity index is 1220. The number of benzene rings is 1. The topological polar surface area (TPSA) is 59.0 Å². The molecule has 0 bridgehead atoms. The summed E-state index contributed by atoms with van der Waals surface area (Å²) in [4.78, 5) is 5.90. The van der Waals surface area contributed by atoms with Crippen LogP contribution in [0, 0.1) is 0 Å². The minimum atomic E-state index is -0.354. The molecule has 2 aromatic heterocycles. The second-order valence-electron chi connectivity index (χ2n) is 11.7. The van der Waals surface area contributed by atoms with Crippen LogP contribution in [0.1, 0.15) is 101 Å². The summed E-state index contributed by atoms with van der Waals surface area (Å²) in [7, 11) is 0. The van der Waals surface area contributed by atoms with Crippen LogP contribution in [0.5, 0.6) is 0 Å². The predicted octanol–water partition coefficient (Wildman–Crippen LogP) is 9.93. The molecule has 0 saturated carbocycles. The largest absolute Gasteiger partial charge is 0.379 e. The van der Waals surface area contributed by atoms with E-state index in [9.17, 15) is 0 Å². The van der Waals surface area contributed by atoms with Gasteiger partial charge in [-0.15, -0.1) is 11.3 Å². The van der Waals surface area contributed by atoms with Crippen LogP contribution in [0.15, 0.2) is 41.2 Å². The molecule has 250 valence electrons. The predicted molar refractivity (Wildman–Crippen MR) is 187 cm³/mol. The zero-order valence-electron chi connectivity index (χ0n) is 27.5. The fourth-order valence-corrected chi connectivity index (χ4v) is 7.28. The Hall–Kier alpha value is -1.36. The number of thiophene rings is 1. The summed E-state index contributed by atoms with van der Waals surface area (Å²) in [6, 6.07) is 8.36. The molecular formula is C36H52ClNO5S2. The lowest BCUT2D eigenvalue weighted by Gasteiger charge is -2.46. The molecule has 45 heavy (non-hydrogen) atoms. The molecule has 0 aliphatic carbocycles. The van der Waals surface area contributed by atoms with E-state index in [1.54, 1.807) is 22.7 Å². The van der Waals surface area contributed by atoms with Gasteiger partial charge in [0.15, 0.2) is 0 Å².